The quantitative estimate of drug-likeness (QED) is 0.601. The van der Waals surface area contributed by atoms with Crippen molar-refractivity contribution in [1.82, 2.24) is 4.98 Å². The monoisotopic (exact) mass is 382 g/mol. The number of ether oxygens (including phenoxy) is 1. The maximum Gasteiger partial charge on any atom is 0.165 e. The highest BCUT2D eigenvalue weighted by molar-refractivity contribution is 6.30. The molecule has 0 saturated heterocycles. The SMILES string of the molecule is COc1cc2c(NC3CC4c5ccccc5CCC34)nc(Cl)cc2cc1F. The summed E-state index contributed by atoms with van der Waals surface area (Å²) in [5.74, 6) is 1.74. The summed E-state index contributed by atoms with van der Waals surface area (Å²) in [4.78, 5) is 4.49. The Bertz CT molecular complexity index is 1040. The van der Waals surface area contributed by atoms with Crippen molar-refractivity contribution in [3.63, 3.8) is 0 Å². The molecule has 1 N–H and O–H groups in total. The van der Waals surface area contributed by atoms with Gasteiger partial charge in [0.15, 0.2) is 11.6 Å². The van der Waals surface area contributed by atoms with Crippen molar-refractivity contribution >= 4 is 28.2 Å². The van der Waals surface area contributed by atoms with Crippen LogP contribution < -0.4 is 10.1 Å². The van der Waals surface area contributed by atoms with E-state index in [0.29, 0.717) is 28.8 Å². The van der Waals surface area contributed by atoms with Gasteiger partial charge in [0, 0.05) is 11.4 Å². The average molecular weight is 383 g/mol. The standard InChI is InChI=1S/C22H20ClFN2O/c1-27-20-11-16-13(8-18(20)24)9-21(23)26-22(16)25-19-10-17-14-5-3-2-4-12(14)6-7-15(17)19/h2-5,8-9,11,15,17,19H,6-7,10H2,1H3,(H,25,26). The van der Waals surface area contributed by atoms with Crippen LogP contribution in [0.2, 0.25) is 5.15 Å². The van der Waals surface area contributed by atoms with Gasteiger partial charge in [0.25, 0.3) is 0 Å². The molecular formula is C22H20ClFN2O. The van der Waals surface area contributed by atoms with Crippen LogP contribution in [0.15, 0.2) is 42.5 Å². The van der Waals surface area contributed by atoms with Crippen LogP contribution in [-0.2, 0) is 6.42 Å². The van der Waals surface area contributed by atoms with Crippen molar-refractivity contribution in [2.75, 3.05) is 12.4 Å². The van der Waals surface area contributed by atoms with Crippen LogP contribution in [0.1, 0.15) is 29.9 Å². The number of nitrogens with one attached hydrogen (secondary N) is 1. The van der Waals surface area contributed by atoms with E-state index in [1.54, 1.807) is 12.1 Å². The third-order valence-corrected chi connectivity index (χ3v) is 6.33. The summed E-state index contributed by atoms with van der Waals surface area (Å²) in [7, 11) is 1.47. The molecule has 2 aromatic carbocycles. The summed E-state index contributed by atoms with van der Waals surface area (Å²) in [6.07, 6.45) is 3.38. The smallest absolute Gasteiger partial charge is 0.165 e. The molecule has 0 radical (unpaired) electrons. The van der Waals surface area contributed by atoms with E-state index in [9.17, 15) is 4.39 Å². The highest BCUT2D eigenvalue weighted by Gasteiger charge is 2.44. The largest absolute Gasteiger partial charge is 0.494 e. The van der Waals surface area contributed by atoms with Crippen molar-refractivity contribution in [2.45, 2.75) is 31.2 Å². The van der Waals surface area contributed by atoms with Crippen LogP contribution >= 0.6 is 11.6 Å². The number of aryl methyl sites for hydroxylation is 1. The fraction of sp³-hybridized carbons (Fsp3) is 0.318. The molecule has 3 atom stereocenters. The van der Waals surface area contributed by atoms with Gasteiger partial charge in [-0.1, -0.05) is 35.9 Å². The molecule has 0 aliphatic heterocycles. The van der Waals surface area contributed by atoms with Crippen LogP contribution in [0.5, 0.6) is 5.75 Å². The summed E-state index contributed by atoms with van der Waals surface area (Å²) in [5, 5.41) is 5.50. The molecule has 5 heteroatoms. The van der Waals surface area contributed by atoms with E-state index < -0.39 is 5.82 Å². The van der Waals surface area contributed by atoms with Gasteiger partial charge in [0.2, 0.25) is 0 Å². The molecule has 0 amide bonds. The van der Waals surface area contributed by atoms with Crippen LogP contribution in [-0.4, -0.2) is 18.1 Å². The minimum absolute atomic E-state index is 0.216. The van der Waals surface area contributed by atoms with Crippen molar-refractivity contribution in [2.24, 2.45) is 5.92 Å². The van der Waals surface area contributed by atoms with Gasteiger partial charge in [-0.2, -0.15) is 0 Å². The number of rotatable bonds is 3. The average Bonchev–Trinajstić information content (AvgIpc) is 2.64. The topological polar surface area (TPSA) is 34.1 Å². The molecule has 0 spiro atoms. The molecule has 2 aliphatic carbocycles. The molecular weight excluding hydrogens is 363 g/mol. The van der Waals surface area contributed by atoms with E-state index in [2.05, 4.69) is 34.6 Å². The molecule has 138 valence electrons. The Kier molecular flexibility index (Phi) is 3.97. The van der Waals surface area contributed by atoms with Crippen LogP contribution in [0.4, 0.5) is 10.2 Å². The van der Waals surface area contributed by atoms with Crippen LogP contribution in [0, 0.1) is 11.7 Å². The number of pyridine rings is 1. The molecule has 3 aromatic rings. The minimum Gasteiger partial charge on any atom is -0.494 e. The van der Waals surface area contributed by atoms with Crippen LogP contribution in [0.25, 0.3) is 10.8 Å². The van der Waals surface area contributed by atoms with E-state index in [4.69, 9.17) is 16.3 Å². The third kappa shape index (κ3) is 2.74. The Morgan fingerprint density at radius 2 is 2.07 bits per heavy atom. The molecule has 3 nitrogen and oxygen atoms in total. The predicted molar refractivity (Wildman–Crippen MR) is 106 cm³/mol. The first-order valence-corrected chi connectivity index (χ1v) is 9.70. The van der Waals surface area contributed by atoms with Gasteiger partial charge in [-0.25, -0.2) is 9.37 Å². The Morgan fingerprint density at radius 1 is 1.22 bits per heavy atom. The number of hydrogen-bond donors (Lipinski definition) is 1. The van der Waals surface area contributed by atoms with E-state index in [0.717, 1.165) is 23.6 Å². The summed E-state index contributed by atoms with van der Waals surface area (Å²) in [6.45, 7) is 0. The fourth-order valence-electron chi connectivity index (χ4n) is 4.74. The highest BCUT2D eigenvalue weighted by atomic mass is 35.5. The molecule has 1 heterocycles. The highest BCUT2D eigenvalue weighted by Crippen LogP contribution is 2.50. The molecule has 3 unspecified atom stereocenters. The Balaban J connectivity index is 1.46. The van der Waals surface area contributed by atoms with Crippen LogP contribution in [0.3, 0.4) is 0 Å². The lowest BCUT2D eigenvalue weighted by atomic mass is 9.60. The summed E-state index contributed by atoms with van der Waals surface area (Å²) in [5.41, 5.74) is 2.99. The zero-order valence-corrected chi connectivity index (χ0v) is 15.8. The maximum atomic E-state index is 14.1. The Labute approximate surface area is 162 Å². The number of halogens is 2. The van der Waals surface area contributed by atoms with Crippen molar-refractivity contribution in [1.29, 1.82) is 0 Å². The summed E-state index contributed by atoms with van der Waals surface area (Å²) >= 11 is 6.19. The fourth-order valence-corrected chi connectivity index (χ4v) is 4.94. The second-order valence-corrected chi connectivity index (χ2v) is 7.88. The van der Waals surface area contributed by atoms with E-state index in [1.165, 1.54) is 30.7 Å². The first-order valence-electron chi connectivity index (χ1n) is 9.32. The lowest BCUT2D eigenvalue weighted by Crippen LogP contribution is -2.47. The van der Waals surface area contributed by atoms with E-state index >= 15 is 0 Å². The van der Waals surface area contributed by atoms with Gasteiger partial charge in [0.05, 0.1) is 7.11 Å². The van der Waals surface area contributed by atoms with Gasteiger partial charge in [-0.3, -0.25) is 0 Å². The lowest BCUT2D eigenvalue weighted by molar-refractivity contribution is 0.194. The number of hydrogen-bond acceptors (Lipinski definition) is 3. The number of anilines is 1. The summed E-state index contributed by atoms with van der Waals surface area (Å²) < 4.78 is 19.2. The van der Waals surface area contributed by atoms with Crippen molar-refractivity contribution in [3.05, 3.63) is 64.6 Å². The second kappa shape index (κ2) is 6.38. The number of fused-ring (bicyclic) bond motifs is 4. The number of nitrogens with zero attached hydrogens (tertiary/aromatic N) is 1. The Morgan fingerprint density at radius 3 is 2.93 bits per heavy atom. The number of methoxy groups -OCH3 is 1. The number of aromatic nitrogens is 1. The van der Waals surface area contributed by atoms with E-state index in [-0.39, 0.29) is 5.75 Å². The summed E-state index contributed by atoms with van der Waals surface area (Å²) in [6, 6.07) is 14.0. The first-order chi connectivity index (χ1) is 13.1. The molecule has 1 fully saturated rings. The molecule has 2 aliphatic rings. The molecule has 1 saturated carbocycles. The maximum absolute atomic E-state index is 14.1. The zero-order chi connectivity index (χ0) is 18.5. The molecule has 27 heavy (non-hydrogen) atoms. The van der Waals surface area contributed by atoms with Crippen molar-refractivity contribution < 1.29 is 9.13 Å². The lowest BCUT2D eigenvalue weighted by Gasteiger charge is -2.49. The third-order valence-electron chi connectivity index (χ3n) is 6.14. The molecule has 0 bridgehead atoms. The molecule has 1 aromatic heterocycles. The predicted octanol–water partition coefficient (Wildman–Crippen LogP) is 5.57. The molecule has 5 rings (SSSR count). The Hall–Kier alpha value is -2.33. The van der Waals surface area contributed by atoms with Gasteiger partial charge in [0.1, 0.15) is 11.0 Å². The second-order valence-electron chi connectivity index (χ2n) is 7.50. The van der Waals surface area contributed by atoms with Crippen molar-refractivity contribution in [3.8, 4) is 5.75 Å². The van der Waals surface area contributed by atoms with Gasteiger partial charge in [-0.15, -0.1) is 0 Å². The van der Waals surface area contributed by atoms with Gasteiger partial charge >= 0.3 is 0 Å². The minimum atomic E-state index is -0.397. The first kappa shape index (κ1) is 16.8. The normalized spacial score (nSPS) is 23.3. The van der Waals surface area contributed by atoms with E-state index in [1.807, 2.05) is 0 Å². The van der Waals surface area contributed by atoms with Gasteiger partial charge < -0.3 is 10.1 Å². The zero-order valence-electron chi connectivity index (χ0n) is 15.0. The number of benzene rings is 2. The van der Waals surface area contributed by atoms with Gasteiger partial charge in [-0.05, 0) is 65.8 Å².